The summed E-state index contributed by atoms with van der Waals surface area (Å²) in [5.41, 5.74) is 4.57. The molecule has 1 aliphatic heterocycles. The van der Waals surface area contributed by atoms with Gasteiger partial charge >= 0.3 is 0 Å². The van der Waals surface area contributed by atoms with Crippen LogP contribution in [0, 0.1) is 5.92 Å². The number of nitrogens with one attached hydrogen (secondary N) is 1. The van der Waals surface area contributed by atoms with E-state index >= 15 is 0 Å². The van der Waals surface area contributed by atoms with Gasteiger partial charge in [-0.1, -0.05) is 51.3 Å². The van der Waals surface area contributed by atoms with E-state index in [9.17, 15) is 4.79 Å². The number of hydrogen-bond donors (Lipinski definition) is 1. The monoisotopic (exact) mass is 408 g/mol. The van der Waals surface area contributed by atoms with E-state index in [4.69, 9.17) is 4.74 Å². The van der Waals surface area contributed by atoms with Gasteiger partial charge in [-0.25, -0.2) is 0 Å². The normalized spacial score (nSPS) is 15.8. The number of carbonyl (C=O) groups excluding carboxylic acids is 1. The van der Waals surface area contributed by atoms with E-state index in [-0.39, 0.29) is 11.8 Å². The van der Waals surface area contributed by atoms with Crippen LogP contribution in [-0.2, 0) is 11.3 Å². The molecule has 0 bridgehead atoms. The van der Waals surface area contributed by atoms with E-state index in [1.165, 1.54) is 36.8 Å². The molecule has 1 N–H and O–H groups in total. The number of anilines is 1. The molecule has 0 fully saturated rings. The quantitative estimate of drug-likeness (QED) is 0.696. The molecule has 0 radical (unpaired) electrons. The fourth-order valence-electron chi connectivity index (χ4n) is 4.01. The maximum Gasteiger partial charge on any atom is 0.229 e. The number of amides is 1. The minimum absolute atomic E-state index is 0.00972. The molecule has 2 aromatic rings. The Hall–Kier alpha value is -2.33. The number of fused-ring (bicyclic) bond motifs is 1. The average Bonchev–Trinajstić information content (AvgIpc) is 2.74. The number of carbonyl (C=O) groups is 1. The molecule has 4 heteroatoms. The lowest BCUT2D eigenvalue weighted by molar-refractivity contribution is -0.121. The summed E-state index contributed by atoms with van der Waals surface area (Å²) in [5, 5.41) is 3.59. The summed E-state index contributed by atoms with van der Waals surface area (Å²) in [6.45, 7) is 9.24. The van der Waals surface area contributed by atoms with Gasteiger partial charge in [0.05, 0.1) is 6.61 Å². The molecular weight excluding hydrogens is 372 g/mol. The lowest BCUT2D eigenvalue weighted by atomic mass is 9.99. The number of hydrogen-bond acceptors (Lipinski definition) is 3. The molecule has 4 nitrogen and oxygen atoms in total. The second kappa shape index (κ2) is 11.2. The molecule has 3 rings (SSSR count). The van der Waals surface area contributed by atoms with E-state index in [0.717, 1.165) is 43.1 Å². The van der Waals surface area contributed by atoms with E-state index < -0.39 is 0 Å². The van der Waals surface area contributed by atoms with Crippen LogP contribution < -0.4 is 15.0 Å². The van der Waals surface area contributed by atoms with Crippen LogP contribution in [0.1, 0.15) is 58.4 Å². The van der Waals surface area contributed by atoms with Gasteiger partial charge in [0.15, 0.2) is 0 Å². The Morgan fingerprint density at radius 1 is 1.00 bits per heavy atom. The molecule has 1 amide bonds. The van der Waals surface area contributed by atoms with Gasteiger partial charge in [-0.15, -0.1) is 0 Å². The van der Waals surface area contributed by atoms with Crippen LogP contribution in [0.5, 0.6) is 5.75 Å². The first-order valence-electron chi connectivity index (χ1n) is 11.5. The van der Waals surface area contributed by atoms with Gasteiger partial charge < -0.3 is 15.0 Å². The molecule has 30 heavy (non-hydrogen) atoms. The average molecular weight is 409 g/mol. The summed E-state index contributed by atoms with van der Waals surface area (Å²) in [4.78, 5) is 15.0. The number of nitrogens with zero attached hydrogens (tertiary/aromatic N) is 1. The highest BCUT2D eigenvalue weighted by atomic mass is 16.5. The zero-order chi connectivity index (χ0) is 21.3. The van der Waals surface area contributed by atoms with Crippen molar-refractivity contribution in [3.8, 4) is 16.9 Å². The Kier molecular flexibility index (Phi) is 8.32. The van der Waals surface area contributed by atoms with Crippen LogP contribution in [0.15, 0.2) is 42.5 Å². The SMILES string of the molecule is CCOc1ccc(-c2ccc3c(c2)CNCCCCCCCN3C(=O)C(C)C)cc1. The molecule has 0 spiro atoms. The molecule has 1 heterocycles. The highest BCUT2D eigenvalue weighted by Gasteiger charge is 2.21. The summed E-state index contributed by atoms with van der Waals surface area (Å²) in [5.74, 6) is 1.09. The van der Waals surface area contributed by atoms with Crippen molar-refractivity contribution in [3.63, 3.8) is 0 Å². The maximum absolute atomic E-state index is 13.0. The summed E-state index contributed by atoms with van der Waals surface area (Å²) in [6, 6.07) is 14.8. The van der Waals surface area contributed by atoms with E-state index in [0.29, 0.717) is 6.61 Å². The Balaban J connectivity index is 1.95. The number of benzene rings is 2. The summed E-state index contributed by atoms with van der Waals surface area (Å²) >= 11 is 0. The van der Waals surface area contributed by atoms with Crippen molar-refractivity contribution in [2.24, 2.45) is 5.92 Å². The van der Waals surface area contributed by atoms with Crippen LogP contribution in [0.3, 0.4) is 0 Å². The van der Waals surface area contributed by atoms with Gasteiger partial charge in [-0.3, -0.25) is 4.79 Å². The molecule has 0 unspecified atom stereocenters. The molecule has 2 aromatic carbocycles. The Bertz CT molecular complexity index is 814. The molecule has 0 saturated carbocycles. The van der Waals surface area contributed by atoms with Gasteiger partial charge in [0.25, 0.3) is 0 Å². The van der Waals surface area contributed by atoms with Crippen molar-refractivity contribution in [1.82, 2.24) is 5.32 Å². The highest BCUT2D eigenvalue weighted by molar-refractivity contribution is 5.95. The Labute approximate surface area is 181 Å². The van der Waals surface area contributed by atoms with Gasteiger partial charge in [0.1, 0.15) is 5.75 Å². The van der Waals surface area contributed by atoms with E-state index in [1.807, 2.05) is 37.8 Å². The number of ether oxygens (including phenoxy) is 1. The largest absolute Gasteiger partial charge is 0.494 e. The van der Waals surface area contributed by atoms with Crippen molar-refractivity contribution in [3.05, 3.63) is 48.0 Å². The maximum atomic E-state index is 13.0. The smallest absolute Gasteiger partial charge is 0.229 e. The van der Waals surface area contributed by atoms with Crippen molar-refractivity contribution in [2.45, 2.75) is 59.4 Å². The minimum atomic E-state index is -0.00972. The van der Waals surface area contributed by atoms with Crippen molar-refractivity contribution >= 4 is 11.6 Å². The fourth-order valence-corrected chi connectivity index (χ4v) is 4.01. The van der Waals surface area contributed by atoms with Crippen LogP contribution >= 0.6 is 0 Å². The summed E-state index contributed by atoms with van der Waals surface area (Å²) in [7, 11) is 0. The van der Waals surface area contributed by atoms with E-state index in [1.54, 1.807) is 0 Å². The van der Waals surface area contributed by atoms with Gasteiger partial charge in [-0.05, 0) is 67.3 Å². The Morgan fingerprint density at radius 2 is 1.70 bits per heavy atom. The third-order valence-corrected chi connectivity index (χ3v) is 5.68. The first-order chi connectivity index (χ1) is 14.6. The van der Waals surface area contributed by atoms with Gasteiger partial charge in [0.2, 0.25) is 5.91 Å². The predicted octanol–water partition coefficient (Wildman–Crippen LogP) is 5.80. The highest BCUT2D eigenvalue weighted by Crippen LogP contribution is 2.30. The number of rotatable bonds is 4. The topological polar surface area (TPSA) is 41.6 Å². The molecular formula is C26H36N2O2. The molecule has 0 aromatic heterocycles. The second-order valence-corrected chi connectivity index (χ2v) is 8.39. The third-order valence-electron chi connectivity index (χ3n) is 5.68. The zero-order valence-corrected chi connectivity index (χ0v) is 18.7. The Morgan fingerprint density at radius 3 is 2.43 bits per heavy atom. The van der Waals surface area contributed by atoms with Crippen LogP contribution in [-0.4, -0.2) is 25.6 Å². The molecule has 0 saturated heterocycles. The lowest BCUT2D eigenvalue weighted by Gasteiger charge is -2.28. The fraction of sp³-hybridized carbons (Fsp3) is 0.500. The third kappa shape index (κ3) is 5.85. The van der Waals surface area contributed by atoms with Crippen molar-refractivity contribution in [2.75, 3.05) is 24.6 Å². The molecule has 0 atom stereocenters. The van der Waals surface area contributed by atoms with Gasteiger partial charge in [0, 0.05) is 24.7 Å². The molecule has 1 aliphatic rings. The molecule has 0 aliphatic carbocycles. The first kappa shape index (κ1) is 22.4. The van der Waals surface area contributed by atoms with Gasteiger partial charge in [-0.2, -0.15) is 0 Å². The van der Waals surface area contributed by atoms with Crippen molar-refractivity contribution < 1.29 is 9.53 Å². The zero-order valence-electron chi connectivity index (χ0n) is 18.7. The molecule has 162 valence electrons. The van der Waals surface area contributed by atoms with Crippen LogP contribution in [0.2, 0.25) is 0 Å². The summed E-state index contributed by atoms with van der Waals surface area (Å²) in [6.07, 6.45) is 5.95. The summed E-state index contributed by atoms with van der Waals surface area (Å²) < 4.78 is 5.57. The van der Waals surface area contributed by atoms with Crippen molar-refractivity contribution in [1.29, 1.82) is 0 Å². The standard InChI is InChI=1S/C26H36N2O2/c1-4-30-24-13-10-21(11-14-24)22-12-15-25-23(18-22)19-27-16-8-6-5-7-9-17-28(25)26(29)20(2)3/h10-15,18,20,27H,4-9,16-17,19H2,1-3H3. The first-order valence-corrected chi connectivity index (χ1v) is 11.5. The van der Waals surface area contributed by atoms with E-state index in [2.05, 4.69) is 35.6 Å². The second-order valence-electron chi connectivity index (χ2n) is 8.39. The van der Waals surface area contributed by atoms with Crippen LogP contribution in [0.4, 0.5) is 5.69 Å². The lowest BCUT2D eigenvalue weighted by Crippen LogP contribution is -2.36. The minimum Gasteiger partial charge on any atom is -0.494 e. The predicted molar refractivity (Wildman–Crippen MR) is 125 cm³/mol. The van der Waals surface area contributed by atoms with Crippen LogP contribution in [0.25, 0.3) is 11.1 Å².